The van der Waals surface area contributed by atoms with Crippen LogP contribution in [0.25, 0.3) is 0 Å². The van der Waals surface area contributed by atoms with Crippen molar-refractivity contribution in [3.63, 3.8) is 0 Å². The maximum absolute atomic E-state index is 10.9. The van der Waals surface area contributed by atoms with Crippen molar-refractivity contribution >= 4 is 23.2 Å². The molecule has 0 aromatic carbocycles. The Morgan fingerprint density at radius 3 is 2.25 bits per heavy atom. The first kappa shape index (κ1) is 12.7. The Hall–Kier alpha value is -1.36. The van der Waals surface area contributed by atoms with Crippen LogP contribution in [-0.4, -0.2) is 11.8 Å². The number of hydrogen-bond acceptors (Lipinski definition) is 3. The molecule has 1 rings (SSSR count). The SMILES string of the molecule is CCc1csc(C(CC(N)=O)CC(N)=O)c1. The second-order valence-electron chi connectivity index (χ2n) is 3.75. The normalized spacial score (nSPS) is 10.6. The van der Waals surface area contributed by atoms with Crippen LogP contribution in [0.15, 0.2) is 11.4 Å². The lowest BCUT2D eigenvalue weighted by molar-refractivity contribution is -0.119. The minimum absolute atomic E-state index is 0.166. The van der Waals surface area contributed by atoms with Gasteiger partial charge in [0, 0.05) is 23.6 Å². The average molecular weight is 240 g/mol. The fourth-order valence-corrected chi connectivity index (χ4v) is 2.65. The quantitative estimate of drug-likeness (QED) is 0.781. The highest BCUT2D eigenvalue weighted by Gasteiger charge is 2.18. The van der Waals surface area contributed by atoms with Crippen molar-refractivity contribution in [1.82, 2.24) is 0 Å². The van der Waals surface area contributed by atoms with E-state index in [1.807, 2.05) is 11.4 Å². The number of aryl methyl sites for hydroxylation is 1. The number of carbonyl (C=O) groups is 2. The second-order valence-corrected chi connectivity index (χ2v) is 4.69. The van der Waals surface area contributed by atoms with Crippen molar-refractivity contribution in [2.24, 2.45) is 11.5 Å². The van der Waals surface area contributed by atoms with Crippen LogP contribution >= 0.6 is 11.3 Å². The molecule has 5 heteroatoms. The van der Waals surface area contributed by atoms with Gasteiger partial charge in [0.15, 0.2) is 0 Å². The van der Waals surface area contributed by atoms with Crippen LogP contribution in [0.3, 0.4) is 0 Å². The summed E-state index contributed by atoms with van der Waals surface area (Å²) in [6.45, 7) is 2.06. The number of primary amides is 2. The fraction of sp³-hybridized carbons (Fsp3) is 0.455. The zero-order valence-electron chi connectivity index (χ0n) is 9.23. The molecule has 1 heterocycles. The topological polar surface area (TPSA) is 86.2 Å². The van der Waals surface area contributed by atoms with Crippen LogP contribution < -0.4 is 11.5 Å². The standard InChI is InChI=1S/C11H16N2O2S/c1-2-7-3-9(16-6-7)8(4-10(12)14)5-11(13)15/h3,6,8H,2,4-5H2,1H3,(H2,12,14)(H2,13,15). The van der Waals surface area contributed by atoms with E-state index in [0.717, 1.165) is 11.3 Å². The average Bonchev–Trinajstić information content (AvgIpc) is 2.63. The van der Waals surface area contributed by atoms with Gasteiger partial charge >= 0.3 is 0 Å². The highest BCUT2D eigenvalue weighted by molar-refractivity contribution is 7.10. The third-order valence-electron chi connectivity index (χ3n) is 2.38. The molecule has 4 N–H and O–H groups in total. The predicted octanol–water partition coefficient (Wildman–Crippen LogP) is 1.14. The van der Waals surface area contributed by atoms with Gasteiger partial charge in [0.05, 0.1) is 0 Å². The zero-order chi connectivity index (χ0) is 12.1. The maximum Gasteiger partial charge on any atom is 0.218 e. The summed E-state index contributed by atoms with van der Waals surface area (Å²) >= 11 is 1.55. The Balaban J connectivity index is 2.82. The molecule has 0 aliphatic carbocycles. The van der Waals surface area contributed by atoms with Crippen molar-refractivity contribution in [3.05, 3.63) is 21.9 Å². The fourth-order valence-electron chi connectivity index (χ4n) is 1.55. The van der Waals surface area contributed by atoms with Crippen molar-refractivity contribution in [2.75, 3.05) is 0 Å². The third-order valence-corrected chi connectivity index (χ3v) is 3.52. The number of hydrogen-bond donors (Lipinski definition) is 2. The summed E-state index contributed by atoms with van der Waals surface area (Å²) in [5.74, 6) is -0.976. The van der Waals surface area contributed by atoms with Crippen LogP contribution in [0.4, 0.5) is 0 Å². The van der Waals surface area contributed by atoms with Crippen molar-refractivity contribution < 1.29 is 9.59 Å². The van der Waals surface area contributed by atoms with Gasteiger partial charge in [-0.05, 0) is 23.4 Å². The molecule has 0 unspecified atom stereocenters. The van der Waals surface area contributed by atoms with Crippen molar-refractivity contribution in [3.8, 4) is 0 Å². The molecule has 0 aliphatic rings. The van der Waals surface area contributed by atoms with Gasteiger partial charge in [0.25, 0.3) is 0 Å². The number of amides is 2. The van der Waals surface area contributed by atoms with Gasteiger partial charge in [0.2, 0.25) is 11.8 Å². The maximum atomic E-state index is 10.9. The summed E-state index contributed by atoms with van der Waals surface area (Å²) < 4.78 is 0. The summed E-state index contributed by atoms with van der Waals surface area (Å²) in [5, 5.41) is 2.03. The lowest BCUT2D eigenvalue weighted by atomic mass is 9.98. The van der Waals surface area contributed by atoms with Gasteiger partial charge < -0.3 is 11.5 Å². The highest BCUT2D eigenvalue weighted by atomic mass is 32.1. The second kappa shape index (κ2) is 5.65. The summed E-state index contributed by atoms with van der Waals surface area (Å²) in [7, 11) is 0. The molecule has 0 radical (unpaired) electrons. The number of thiophene rings is 1. The Labute approximate surface area is 98.6 Å². The van der Waals surface area contributed by atoms with Crippen molar-refractivity contribution in [1.29, 1.82) is 0 Å². The molecular weight excluding hydrogens is 224 g/mol. The summed E-state index contributed by atoms with van der Waals surface area (Å²) in [4.78, 5) is 22.8. The molecular formula is C11H16N2O2S. The molecule has 0 saturated heterocycles. The Bertz CT molecular complexity index is 371. The van der Waals surface area contributed by atoms with Crippen LogP contribution in [0.1, 0.15) is 36.1 Å². The van der Waals surface area contributed by atoms with E-state index < -0.39 is 11.8 Å². The molecule has 4 nitrogen and oxygen atoms in total. The molecule has 0 bridgehead atoms. The predicted molar refractivity (Wildman–Crippen MR) is 64.1 cm³/mol. The van der Waals surface area contributed by atoms with Gasteiger partial charge in [-0.15, -0.1) is 11.3 Å². The molecule has 0 aliphatic heterocycles. The molecule has 0 saturated carbocycles. The monoisotopic (exact) mass is 240 g/mol. The molecule has 0 atom stereocenters. The van der Waals surface area contributed by atoms with Gasteiger partial charge in [-0.3, -0.25) is 9.59 Å². The molecule has 1 aromatic heterocycles. The van der Waals surface area contributed by atoms with Crippen LogP contribution in [-0.2, 0) is 16.0 Å². The lowest BCUT2D eigenvalue weighted by Crippen LogP contribution is -2.20. The number of nitrogens with two attached hydrogens (primary N) is 2. The Morgan fingerprint density at radius 2 is 1.88 bits per heavy atom. The van der Waals surface area contributed by atoms with Crippen LogP contribution in [0.2, 0.25) is 0 Å². The van der Waals surface area contributed by atoms with E-state index in [2.05, 4.69) is 6.92 Å². The van der Waals surface area contributed by atoms with E-state index in [9.17, 15) is 9.59 Å². The molecule has 16 heavy (non-hydrogen) atoms. The largest absolute Gasteiger partial charge is 0.370 e. The molecule has 2 amide bonds. The summed E-state index contributed by atoms with van der Waals surface area (Å²) in [6, 6.07) is 2.02. The minimum Gasteiger partial charge on any atom is -0.370 e. The van der Waals surface area contributed by atoms with E-state index >= 15 is 0 Å². The first-order valence-electron chi connectivity index (χ1n) is 5.16. The Morgan fingerprint density at radius 1 is 1.31 bits per heavy atom. The number of rotatable bonds is 6. The van der Waals surface area contributed by atoms with Crippen LogP contribution in [0, 0.1) is 0 Å². The third kappa shape index (κ3) is 3.66. The molecule has 88 valence electrons. The van der Waals surface area contributed by atoms with Crippen molar-refractivity contribution in [2.45, 2.75) is 32.1 Å². The summed E-state index contributed by atoms with van der Waals surface area (Å²) in [6.07, 6.45) is 1.29. The summed E-state index contributed by atoms with van der Waals surface area (Å²) in [5.41, 5.74) is 11.5. The van der Waals surface area contributed by atoms with Crippen LogP contribution in [0.5, 0.6) is 0 Å². The molecule has 1 aromatic rings. The highest BCUT2D eigenvalue weighted by Crippen LogP contribution is 2.29. The zero-order valence-corrected chi connectivity index (χ0v) is 10.0. The smallest absolute Gasteiger partial charge is 0.218 e. The van der Waals surface area contributed by atoms with Gasteiger partial charge in [0.1, 0.15) is 0 Å². The minimum atomic E-state index is -0.405. The molecule has 0 spiro atoms. The van der Waals surface area contributed by atoms with E-state index in [1.165, 1.54) is 5.56 Å². The van der Waals surface area contributed by atoms with Gasteiger partial charge in [-0.25, -0.2) is 0 Å². The van der Waals surface area contributed by atoms with E-state index in [1.54, 1.807) is 11.3 Å². The first-order chi connectivity index (χ1) is 7.52. The molecule has 0 fully saturated rings. The lowest BCUT2D eigenvalue weighted by Gasteiger charge is -2.10. The number of carbonyl (C=O) groups excluding carboxylic acids is 2. The Kier molecular flexibility index (Phi) is 4.49. The van der Waals surface area contributed by atoms with Gasteiger partial charge in [-0.2, -0.15) is 0 Å². The van der Waals surface area contributed by atoms with E-state index in [0.29, 0.717) is 0 Å². The van der Waals surface area contributed by atoms with E-state index in [-0.39, 0.29) is 18.8 Å². The van der Waals surface area contributed by atoms with E-state index in [4.69, 9.17) is 11.5 Å². The van der Waals surface area contributed by atoms with Gasteiger partial charge in [-0.1, -0.05) is 6.92 Å². The first-order valence-corrected chi connectivity index (χ1v) is 6.04.